The lowest BCUT2D eigenvalue weighted by atomic mass is 10.0. The molecule has 4 nitrogen and oxygen atoms in total. The number of aryl methyl sites for hydroxylation is 1. The molecule has 1 heterocycles. The van der Waals surface area contributed by atoms with Crippen LogP contribution >= 0.6 is 0 Å². The molecule has 0 saturated heterocycles. The molecule has 1 aromatic carbocycles. The highest BCUT2D eigenvalue weighted by Crippen LogP contribution is 2.21. The topological polar surface area (TPSA) is 62.2 Å². The molecule has 4 heteroatoms. The van der Waals surface area contributed by atoms with E-state index in [1.807, 2.05) is 19.1 Å². The van der Waals surface area contributed by atoms with Gasteiger partial charge in [-0.05, 0) is 30.0 Å². The lowest BCUT2D eigenvalue weighted by Gasteiger charge is -2.06. The molecule has 0 saturated carbocycles. The van der Waals surface area contributed by atoms with Crippen LogP contribution in [0.5, 0.6) is 0 Å². The molecule has 2 N–H and O–H groups in total. The Morgan fingerprint density at radius 1 is 1.33 bits per heavy atom. The molecule has 76 valence electrons. The fourth-order valence-electron chi connectivity index (χ4n) is 1.60. The first kappa shape index (κ1) is 9.61. The smallest absolute Gasteiger partial charge is 0.275 e. The third-order valence-corrected chi connectivity index (χ3v) is 2.38. The summed E-state index contributed by atoms with van der Waals surface area (Å²) in [4.78, 5) is 15.3. The minimum absolute atomic E-state index is 0.422. The van der Waals surface area contributed by atoms with Gasteiger partial charge in [-0.15, -0.1) is 0 Å². The maximum atomic E-state index is 11.3. The van der Waals surface area contributed by atoms with Crippen LogP contribution < -0.4 is 5.48 Å². The highest BCUT2D eigenvalue weighted by molar-refractivity contribution is 6.07. The van der Waals surface area contributed by atoms with Crippen LogP contribution in [0.25, 0.3) is 10.8 Å². The Morgan fingerprint density at radius 2 is 2.13 bits per heavy atom. The number of aromatic nitrogens is 1. The summed E-state index contributed by atoms with van der Waals surface area (Å²) in [6, 6.07) is 5.36. The molecule has 0 atom stereocenters. The fourth-order valence-corrected chi connectivity index (χ4v) is 1.60. The molecule has 1 amide bonds. The van der Waals surface area contributed by atoms with Crippen molar-refractivity contribution >= 4 is 16.7 Å². The van der Waals surface area contributed by atoms with E-state index in [1.54, 1.807) is 23.9 Å². The minimum Gasteiger partial charge on any atom is -0.288 e. The number of hydrogen-bond acceptors (Lipinski definition) is 3. The second kappa shape index (κ2) is 3.67. The molecule has 0 bridgehead atoms. The number of nitrogens with one attached hydrogen (secondary N) is 1. The molecular weight excluding hydrogens is 192 g/mol. The number of amides is 1. The van der Waals surface area contributed by atoms with Crippen molar-refractivity contribution in [1.82, 2.24) is 10.5 Å². The van der Waals surface area contributed by atoms with Gasteiger partial charge in [-0.3, -0.25) is 15.0 Å². The Bertz CT molecular complexity index is 523. The molecule has 0 radical (unpaired) electrons. The number of fused-ring (bicyclic) bond motifs is 1. The summed E-state index contributed by atoms with van der Waals surface area (Å²) in [5.74, 6) is -0.520. The van der Waals surface area contributed by atoms with Crippen LogP contribution in [0.15, 0.2) is 30.6 Å². The minimum atomic E-state index is -0.520. The van der Waals surface area contributed by atoms with Crippen molar-refractivity contribution in [2.75, 3.05) is 0 Å². The summed E-state index contributed by atoms with van der Waals surface area (Å²) in [6.07, 6.45) is 3.29. The number of nitrogens with zero attached hydrogens (tertiary/aromatic N) is 1. The van der Waals surface area contributed by atoms with Gasteiger partial charge in [0.15, 0.2) is 0 Å². The van der Waals surface area contributed by atoms with Gasteiger partial charge in [-0.2, -0.15) is 0 Å². The Kier molecular flexibility index (Phi) is 2.35. The van der Waals surface area contributed by atoms with Crippen molar-refractivity contribution in [1.29, 1.82) is 0 Å². The molecule has 2 rings (SSSR count). The third-order valence-electron chi connectivity index (χ3n) is 2.38. The maximum absolute atomic E-state index is 11.3. The van der Waals surface area contributed by atoms with Gasteiger partial charge in [0.25, 0.3) is 5.91 Å². The summed E-state index contributed by atoms with van der Waals surface area (Å²) < 4.78 is 0. The molecule has 0 unspecified atom stereocenters. The van der Waals surface area contributed by atoms with Crippen LogP contribution in [0.2, 0.25) is 0 Å². The van der Waals surface area contributed by atoms with Gasteiger partial charge in [-0.25, -0.2) is 5.48 Å². The van der Waals surface area contributed by atoms with Crippen molar-refractivity contribution in [3.8, 4) is 0 Å². The summed E-state index contributed by atoms with van der Waals surface area (Å²) in [7, 11) is 0. The van der Waals surface area contributed by atoms with Crippen LogP contribution in [-0.4, -0.2) is 16.1 Å². The number of rotatable bonds is 1. The molecule has 0 fully saturated rings. The van der Waals surface area contributed by atoms with Crippen molar-refractivity contribution in [3.05, 3.63) is 41.7 Å². The first-order valence-electron chi connectivity index (χ1n) is 4.52. The molecular formula is C11H10N2O2. The fraction of sp³-hybridized carbons (Fsp3) is 0.0909. The van der Waals surface area contributed by atoms with Gasteiger partial charge in [0.2, 0.25) is 0 Å². The largest absolute Gasteiger partial charge is 0.288 e. The third kappa shape index (κ3) is 1.55. The lowest BCUT2D eigenvalue weighted by Crippen LogP contribution is -2.18. The van der Waals surface area contributed by atoms with E-state index >= 15 is 0 Å². The van der Waals surface area contributed by atoms with Crippen molar-refractivity contribution in [3.63, 3.8) is 0 Å². The van der Waals surface area contributed by atoms with E-state index in [2.05, 4.69) is 4.98 Å². The standard InChI is InChI=1S/C11H10N2O2/c1-7-2-3-9(11(14)13-15)10-6-12-5-4-8(7)10/h2-6,15H,1H3,(H,13,14). The number of carbonyl (C=O) groups is 1. The number of carbonyl (C=O) groups excluding carboxylic acids is 1. The number of hydroxylamine groups is 1. The predicted molar refractivity (Wildman–Crippen MR) is 55.7 cm³/mol. The summed E-state index contributed by atoms with van der Waals surface area (Å²) in [5.41, 5.74) is 3.12. The summed E-state index contributed by atoms with van der Waals surface area (Å²) in [6.45, 7) is 1.96. The van der Waals surface area contributed by atoms with E-state index < -0.39 is 5.91 Å². The first-order valence-corrected chi connectivity index (χ1v) is 4.52. The van der Waals surface area contributed by atoms with E-state index in [0.29, 0.717) is 5.56 Å². The van der Waals surface area contributed by atoms with Gasteiger partial charge in [-0.1, -0.05) is 6.07 Å². The van der Waals surface area contributed by atoms with Gasteiger partial charge in [0, 0.05) is 17.8 Å². The van der Waals surface area contributed by atoms with Crippen LogP contribution in [0.4, 0.5) is 0 Å². The van der Waals surface area contributed by atoms with Crippen LogP contribution in [-0.2, 0) is 0 Å². The number of pyridine rings is 1. The van der Waals surface area contributed by atoms with Crippen LogP contribution in [0, 0.1) is 6.92 Å². The zero-order valence-corrected chi connectivity index (χ0v) is 8.19. The van der Waals surface area contributed by atoms with E-state index in [-0.39, 0.29) is 0 Å². The maximum Gasteiger partial charge on any atom is 0.275 e. The van der Waals surface area contributed by atoms with Crippen molar-refractivity contribution in [2.45, 2.75) is 6.92 Å². The second-order valence-electron chi connectivity index (χ2n) is 3.29. The Balaban J connectivity index is 2.77. The average molecular weight is 202 g/mol. The van der Waals surface area contributed by atoms with Gasteiger partial charge in [0.1, 0.15) is 0 Å². The average Bonchev–Trinajstić information content (AvgIpc) is 2.29. The number of benzene rings is 1. The van der Waals surface area contributed by atoms with Crippen molar-refractivity contribution in [2.24, 2.45) is 0 Å². The normalized spacial score (nSPS) is 10.3. The molecule has 2 aromatic rings. The van der Waals surface area contributed by atoms with E-state index in [9.17, 15) is 4.79 Å². The zero-order valence-electron chi connectivity index (χ0n) is 8.19. The molecule has 0 aliphatic carbocycles. The monoisotopic (exact) mass is 202 g/mol. The molecule has 1 aromatic heterocycles. The summed E-state index contributed by atoms with van der Waals surface area (Å²) >= 11 is 0. The Labute approximate surface area is 86.5 Å². The predicted octanol–water partition coefficient (Wildman–Crippen LogP) is 1.66. The Hall–Kier alpha value is -1.94. The number of hydrogen-bond donors (Lipinski definition) is 2. The van der Waals surface area contributed by atoms with Crippen LogP contribution in [0.1, 0.15) is 15.9 Å². The summed E-state index contributed by atoms with van der Waals surface area (Å²) in [5, 5.41) is 10.3. The second-order valence-corrected chi connectivity index (χ2v) is 3.29. The molecule has 0 spiro atoms. The van der Waals surface area contributed by atoms with E-state index in [4.69, 9.17) is 5.21 Å². The lowest BCUT2D eigenvalue weighted by molar-refractivity contribution is 0.0708. The molecule has 0 aliphatic heterocycles. The Morgan fingerprint density at radius 3 is 2.87 bits per heavy atom. The quantitative estimate of drug-likeness (QED) is 0.546. The molecule has 0 aliphatic rings. The molecule has 15 heavy (non-hydrogen) atoms. The van der Waals surface area contributed by atoms with E-state index in [1.165, 1.54) is 0 Å². The van der Waals surface area contributed by atoms with Gasteiger partial charge >= 0.3 is 0 Å². The zero-order chi connectivity index (χ0) is 10.8. The van der Waals surface area contributed by atoms with Gasteiger partial charge < -0.3 is 0 Å². The van der Waals surface area contributed by atoms with E-state index in [0.717, 1.165) is 16.3 Å². The highest BCUT2D eigenvalue weighted by atomic mass is 16.5. The first-order chi connectivity index (χ1) is 7.24. The van der Waals surface area contributed by atoms with Crippen LogP contribution in [0.3, 0.4) is 0 Å². The van der Waals surface area contributed by atoms with Crippen molar-refractivity contribution < 1.29 is 10.0 Å². The van der Waals surface area contributed by atoms with Gasteiger partial charge in [0.05, 0.1) is 5.56 Å². The highest BCUT2D eigenvalue weighted by Gasteiger charge is 2.09. The SMILES string of the molecule is Cc1ccc(C(=O)NO)c2cnccc12.